The van der Waals surface area contributed by atoms with Gasteiger partial charge >= 0.3 is 6.18 Å². The highest BCUT2D eigenvalue weighted by Crippen LogP contribution is 2.37. The van der Waals surface area contributed by atoms with Crippen LogP contribution >= 0.6 is 0 Å². The Morgan fingerprint density at radius 3 is 2.80 bits per heavy atom. The van der Waals surface area contributed by atoms with Gasteiger partial charge in [-0.1, -0.05) is 0 Å². The molecule has 1 fully saturated rings. The molecule has 0 saturated carbocycles. The molecule has 8 nitrogen and oxygen atoms in total. The van der Waals surface area contributed by atoms with E-state index in [0.29, 0.717) is 19.4 Å². The standard InChI is InChI=1S/C19H19F3N4O4/c1-30-16-7-6-13(26(28)29)10-15(16)24-18(27)12-4-3-9-25(11-12)17-14(19(20,21)22)5-2-8-23-17/h2,5-8,10,12H,3-4,9,11H2,1H3,(H,24,27)/t12-/m1/s1. The largest absolute Gasteiger partial charge is 0.495 e. The number of rotatable bonds is 5. The van der Waals surface area contributed by atoms with Crippen molar-refractivity contribution in [1.82, 2.24) is 4.98 Å². The van der Waals surface area contributed by atoms with E-state index in [4.69, 9.17) is 4.74 Å². The summed E-state index contributed by atoms with van der Waals surface area (Å²) in [6.07, 6.45) is -2.32. The third kappa shape index (κ3) is 4.61. The van der Waals surface area contributed by atoms with E-state index in [1.165, 1.54) is 42.5 Å². The first-order chi connectivity index (χ1) is 14.2. The summed E-state index contributed by atoms with van der Waals surface area (Å²) in [5.41, 5.74) is -0.950. The summed E-state index contributed by atoms with van der Waals surface area (Å²) in [6, 6.07) is 5.97. The Morgan fingerprint density at radius 2 is 2.13 bits per heavy atom. The van der Waals surface area contributed by atoms with Crippen LogP contribution in [0.5, 0.6) is 5.75 Å². The van der Waals surface area contributed by atoms with Crippen LogP contribution in [0.25, 0.3) is 0 Å². The number of carbonyl (C=O) groups is 1. The second kappa shape index (κ2) is 8.56. The number of non-ortho nitro benzene ring substituents is 1. The Morgan fingerprint density at radius 1 is 1.37 bits per heavy atom. The number of hydrogen-bond acceptors (Lipinski definition) is 6. The highest BCUT2D eigenvalue weighted by molar-refractivity contribution is 5.94. The maximum Gasteiger partial charge on any atom is 0.419 e. The van der Waals surface area contributed by atoms with E-state index in [1.54, 1.807) is 0 Å². The van der Waals surface area contributed by atoms with Crippen LogP contribution in [-0.2, 0) is 11.0 Å². The molecule has 2 heterocycles. The Labute approximate surface area is 169 Å². The van der Waals surface area contributed by atoms with Crippen LogP contribution in [-0.4, -0.2) is 36.0 Å². The monoisotopic (exact) mass is 424 g/mol. The number of hydrogen-bond donors (Lipinski definition) is 1. The Hall–Kier alpha value is -3.37. The summed E-state index contributed by atoms with van der Waals surface area (Å²) in [6.45, 7) is 0.382. The van der Waals surface area contributed by atoms with Gasteiger partial charge in [0.15, 0.2) is 0 Å². The molecule has 0 spiro atoms. The van der Waals surface area contributed by atoms with Gasteiger partial charge in [-0.2, -0.15) is 13.2 Å². The number of methoxy groups -OCH3 is 1. The number of carbonyl (C=O) groups excluding carboxylic acids is 1. The van der Waals surface area contributed by atoms with Crippen molar-refractivity contribution in [2.45, 2.75) is 19.0 Å². The van der Waals surface area contributed by atoms with Crippen molar-refractivity contribution in [3.63, 3.8) is 0 Å². The minimum atomic E-state index is -4.56. The van der Waals surface area contributed by atoms with Crippen molar-refractivity contribution >= 4 is 23.1 Å². The zero-order valence-corrected chi connectivity index (χ0v) is 16.0. The summed E-state index contributed by atoms with van der Waals surface area (Å²) in [4.78, 5) is 28.5. The molecule has 160 valence electrons. The van der Waals surface area contributed by atoms with Crippen molar-refractivity contribution in [1.29, 1.82) is 0 Å². The molecule has 1 aromatic carbocycles. The van der Waals surface area contributed by atoms with Gasteiger partial charge in [0, 0.05) is 31.4 Å². The van der Waals surface area contributed by atoms with Crippen molar-refractivity contribution in [2.24, 2.45) is 5.92 Å². The highest BCUT2D eigenvalue weighted by Gasteiger charge is 2.37. The van der Waals surface area contributed by atoms with Crippen LogP contribution < -0.4 is 15.0 Å². The maximum atomic E-state index is 13.3. The van der Waals surface area contributed by atoms with E-state index < -0.39 is 28.5 Å². The molecule has 3 rings (SSSR count). The number of halogens is 3. The molecule has 0 bridgehead atoms. The average Bonchev–Trinajstić information content (AvgIpc) is 2.73. The lowest BCUT2D eigenvalue weighted by atomic mass is 9.96. The molecular formula is C19H19F3N4O4. The number of aromatic nitrogens is 1. The number of ether oxygens (including phenoxy) is 1. The van der Waals surface area contributed by atoms with Gasteiger partial charge in [0.25, 0.3) is 5.69 Å². The topological polar surface area (TPSA) is 97.6 Å². The van der Waals surface area contributed by atoms with E-state index in [0.717, 1.165) is 6.07 Å². The molecule has 0 unspecified atom stereocenters. The second-order valence-corrected chi connectivity index (χ2v) is 6.79. The fourth-order valence-electron chi connectivity index (χ4n) is 3.40. The van der Waals surface area contributed by atoms with Crippen LogP contribution in [0, 0.1) is 16.0 Å². The van der Waals surface area contributed by atoms with Crippen molar-refractivity contribution in [2.75, 3.05) is 30.4 Å². The van der Waals surface area contributed by atoms with Gasteiger partial charge < -0.3 is 15.0 Å². The average molecular weight is 424 g/mol. The summed E-state index contributed by atoms with van der Waals surface area (Å²) >= 11 is 0. The van der Waals surface area contributed by atoms with E-state index in [1.807, 2.05) is 0 Å². The molecule has 30 heavy (non-hydrogen) atoms. The second-order valence-electron chi connectivity index (χ2n) is 6.79. The number of nitrogens with zero attached hydrogens (tertiary/aromatic N) is 3. The number of nitro groups is 1. The number of pyridine rings is 1. The van der Waals surface area contributed by atoms with Gasteiger partial charge in [-0.05, 0) is 31.0 Å². The van der Waals surface area contributed by atoms with E-state index >= 15 is 0 Å². The molecule has 11 heteroatoms. The van der Waals surface area contributed by atoms with Gasteiger partial charge in [0.2, 0.25) is 5.91 Å². The molecule has 1 amide bonds. The van der Waals surface area contributed by atoms with E-state index in [9.17, 15) is 28.1 Å². The number of alkyl halides is 3. The molecule has 1 aliphatic rings. The minimum Gasteiger partial charge on any atom is -0.495 e. The summed E-state index contributed by atoms with van der Waals surface area (Å²) in [5.74, 6) is -1.05. The normalized spacial score (nSPS) is 16.8. The predicted molar refractivity (Wildman–Crippen MR) is 102 cm³/mol. The van der Waals surface area contributed by atoms with Crippen molar-refractivity contribution in [3.8, 4) is 5.75 Å². The SMILES string of the molecule is COc1ccc([N+](=O)[O-])cc1NC(=O)[C@@H]1CCCN(c2ncccc2C(F)(F)F)C1. The Balaban J connectivity index is 1.79. The predicted octanol–water partition coefficient (Wildman–Crippen LogP) is 3.87. The number of amides is 1. The molecule has 1 atom stereocenters. The van der Waals surface area contributed by atoms with Gasteiger partial charge in [0.05, 0.1) is 29.2 Å². The number of piperidine rings is 1. The smallest absolute Gasteiger partial charge is 0.419 e. The van der Waals surface area contributed by atoms with Crippen LogP contribution in [0.1, 0.15) is 18.4 Å². The number of benzene rings is 1. The van der Waals surface area contributed by atoms with Crippen molar-refractivity contribution in [3.05, 3.63) is 52.2 Å². The number of anilines is 2. The van der Waals surface area contributed by atoms with E-state index in [2.05, 4.69) is 10.3 Å². The third-order valence-electron chi connectivity index (χ3n) is 4.84. The van der Waals surface area contributed by atoms with Gasteiger partial charge in [-0.3, -0.25) is 14.9 Å². The quantitative estimate of drug-likeness (QED) is 0.578. The zero-order valence-electron chi connectivity index (χ0n) is 16.0. The van der Waals surface area contributed by atoms with Crippen LogP contribution in [0.2, 0.25) is 0 Å². The van der Waals surface area contributed by atoms with E-state index in [-0.39, 0.29) is 29.5 Å². The number of nitro benzene ring substituents is 1. The van der Waals surface area contributed by atoms with Crippen LogP contribution in [0.15, 0.2) is 36.5 Å². The summed E-state index contributed by atoms with van der Waals surface area (Å²) in [7, 11) is 1.36. The third-order valence-corrected chi connectivity index (χ3v) is 4.84. The first kappa shape index (κ1) is 21.3. The van der Waals surface area contributed by atoms with Gasteiger partial charge in [-0.25, -0.2) is 4.98 Å². The Kier molecular flexibility index (Phi) is 6.09. The molecular weight excluding hydrogens is 405 g/mol. The lowest BCUT2D eigenvalue weighted by Gasteiger charge is -2.34. The van der Waals surface area contributed by atoms with Crippen LogP contribution in [0.3, 0.4) is 0 Å². The molecule has 0 aliphatic carbocycles. The van der Waals surface area contributed by atoms with Gasteiger partial charge in [-0.15, -0.1) is 0 Å². The number of nitrogens with one attached hydrogen (secondary N) is 1. The van der Waals surface area contributed by atoms with Gasteiger partial charge in [0.1, 0.15) is 11.6 Å². The zero-order chi connectivity index (χ0) is 21.9. The van der Waals surface area contributed by atoms with Crippen molar-refractivity contribution < 1.29 is 27.6 Å². The lowest BCUT2D eigenvalue weighted by molar-refractivity contribution is -0.384. The molecule has 1 aromatic heterocycles. The molecule has 2 aromatic rings. The van der Waals surface area contributed by atoms with Crippen LogP contribution in [0.4, 0.5) is 30.4 Å². The molecule has 0 radical (unpaired) electrons. The highest BCUT2D eigenvalue weighted by atomic mass is 19.4. The molecule has 1 N–H and O–H groups in total. The molecule has 1 aliphatic heterocycles. The summed E-state index contributed by atoms with van der Waals surface area (Å²) < 4.78 is 45.1. The fraction of sp³-hybridized carbons (Fsp3) is 0.368. The molecule has 1 saturated heterocycles. The first-order valence-electron chi connectivity index (χ1n) is 9.11. The Bertz CT molecular complexity index is 952. The lowest BCUT2D eigenvalue weighted by Crippen LogP contribution is -2.42. The first-order valence-corrected chi connectivity index (χ1v) is 9.11. The fourth-order valence-corrected chi connectivity index (χ4v) is 3.40. The maximum absolute atomic E-state index is 13.3. The summed E-state index contributed by atoms with van der Waals surface area (Å²) in [5, 5.41) is 13.6. The minimum absolute atomic E-state index is 0.0448.